The quantitative estimate of drug-likeness (QED) is 0.914. The third-order valence-corrected chi connectivity index (χ3v) is 3.28. The molecule has 0 bridgehead atoms. The Labute approximate surface area is 116 Å². The summed E-state index contributed by atoms with van der Waals surface area (Å²) >= 11 is 0. The highest BCUT2D eigenvalue weighted by atomic mass is 19.1. The summed E-state index contributed by atoms with van der Waals surface area (Å²) < 4.78 is 17.7. The van der Waals surface area contributed by atoms with Gasteiger partial charge >= 0.3 is 6.09 Å². The zero-order chi connectivity index (χ0) is 14.8. The van der Waals surface area contributed by atoms with Crippen LogP contribution in [0, 0.1) is 5.82 Å². The normalized spacial score (nSPS) is 15.2. The van der Waals surface area contributed by atoms with Crippen molar-refractivity contribution in [3.05, 3.63) is 35.6 Å². The summed E-state index contributed by atoms with van der Waals surface area (Å²) in [7, 11) is 0. The van der Waals surface area contributed by atoms with Crippen LogP contribution in [0.4, 0.5) is 9.18 Å². The lowest BCUT2D eigenvalue weighted by molar-refractivity contribution is 0.0903. The van der Waals surface area contributed by atoms with Gasteiger partial charge in [-0.05, 0) is 38.1 Å². The first kappa shape index (κ1) is 14.3. The Morgan fingerprint density at radius 3 is 2.60 bits per heavy atom. The molecule has 5 nitrogen and oxygen atoms in total. The van der Waals surface area contributed by atoms with Gasteiger partial charge in [0.25, 0.3) is 5.91 Å². The van der Waals surface area contributed by atoms with Crippen LogP contribution < -0.4 is 5.32 Å². The predicted octanol–water partition coefficient (Wildman–Crippen LogP) is 1.79. The molecule has 6 heteroatoms. The van der Waals surface area contributed by atoms with E-state index in [4.69, 9.17) is 4.74 Å². The van der Waals surface area contributed by atoms with Gasteiger partial charge in [-0.3, -0.25) is 9.69 Å². The molecule has 108 valence electrons. The van der Waals surface area contributed by atoms with Gasteiger partial charge in [0.1, 0.15) is 12.4 Å². The lowest BCUT2D eigenvalue weighted by Crippen LogP contribution is -2.52. The van der Waals surface area contributed by atoms with Crippen LogP contribution >= 0.6 is 0 Å². The fourth-order valence-corrected chi connectivity index (χ4v) is 2.04. The summed E-state index contributed by atoms with van der Waals surface area (Å²) in [4.78, 5) is 25.0. The molecule has 1 aliphatic rings. The molecule has 1 aromatic rings. The molecule has 1 aliphatic heterocycles. The molecule has 0 radical (unpaired) electrons. The zero-order valence-corrected chi connectivity index (χ0v) is 11.5. The monoisotopic (exact) mass is 280 g/mol. The van der Waals surface area contributed by atoms with Crippen LogP contribution in [0.3, 0.4) is 0 Å². The minimum absolute atomic E-state index is 0.290. The molecule has 2 rings (SSSR count). The average molecular weight is 280 g/mol. The summed E-state index contributed by atoms with van der Waals surface area (Å²) in [6.07, 6.45) is -0.369. The van der Waals surface area contributed by atoms with E-state index >= 15 is 0 Å². The third kappa shape index (κ3) is 3.07. The molecule has 1 N–H and O–H groups in total. The lowest BCUT2D eigenvalue weighted by atomic mass is 10.0. The van der Waals surface area contributed by atoms with Crippen LogP contribution in [-0.4, -0.2) is 42.1 Å². The van der Waals surface area contributed by atoms with E-state index in [0.29, 0.717) is 18.7 Å². The van der Waals surface area contributed by atoms with E-state index in [0.717, 1.165) is 0 Å². The van der Waals surface area contributed by atoms with Gasteiger partial charge in [0.05, 0.1) is 12.1 Å². The van der Waals surface area contributed by atoms with Gasteiger partial charge in [0.15, 0.2) is 0 Å². The van der Waals surface area contributed by atoms with Crippen molar-refractivity contribution in [2.45, 2.75) is 19.4 Å². The number of rotatable bonds is 4. The average Bonchev–Trinajstić information content (AvgIpc) is 2.84. The number of benzene rings is 1. The lowest BCUT2D eigenvalue weighted by Gasteiger charge is -2.33. The molecular formula is C14H17FN2O3. The number of hydrogen-bond donors (Lipinski definition) is 1. The Bertz CT molecular complexity index is 514. The number of carbonyl (C=O) groups excluding carboxylic acids is 2. The molecule has 1 saturated heterocycles. The second-order valence-electron chi connectivity index (χ2n) is 5.27. The highest BCUT2D eigenvalue weighted by molar-refractivity contribution is 5.94. The highest BCUT2D eigenvalue weighted by Crippen LogP contribution is 2.18. The number of ether oxygens (including phenoxy) is 1. The molecule has 1 aromatic carbocycles. The number of halogens is 1. The van der Waals surface area contributed by atoms with Gasteiger partial charge in [0.2, 0.25) is 0 Å². The van der Waals surface area contributed by atoms with E-state index in [-0.39, 0.29) is 24.4 Å². The summed E-state index contributed by atoms with van der Waals surface area (Å²) in [5.41, 5.74) is -0.158. The highest BCUT2D eigenvalue weighted by Gasteiger charge is 2.35. The topological polar surface area (TPSA) is 58.6 Å². The molecule has 1 heterocycles. The minimum atomic E-state index is -0.538. The van der Waals surface area contributed by atoms with Gasteiger partial charge in [-0.15, -0.1) is 0 Å². The first-order valence-corrected chi connectivity index (χ1v) is 6.38. The molecular weight excluding hydrogens is 263 g/mol. The molecule has 0 unspecified atom stereocenters. The summed E-state index contributed by atoms with van der Waals surface area (Å²) in [5.74, 6) is -0.688. The Kier molecular flexibility index (Phi) is 3.92. The summed E-state index contributed by atoms with van der Waals surface area (Å²) in [6, 6.07) is 5.30. The number of amides is 2. The van der Waals surface area contributed by atoms with Crippen LogP contribution in [0.15, 0.2) is 24.3 Å². The third-order valence-electron chi connectivity index (χ3n) is 3.28. The summed E-state index contributed by atoms with van der Waals surface area (Å²) in [6.45, 7) is 4.87. The van der Waals surface area contributed by atoms with Crippen LogP contribution in [0.1, 0.15) is 24.2 Å². The number of carbonyl (C=O) groups is 2. The molecule has 0 aromatic heterocycles. The zero-order valence-electron chi connectivity index (χ0n) is 11.5. The van der Waals surface area contributed by atoms with Crippen LogP contribution in [0.25, 0.3) is 0 Å². The maximum Gasteiger partial charge on any atom is 0.410 e. The first-order chi connectivity index (χ1) is 9.40. The standard InChI is InChI=1S/C14H17FN2O3/c1-14(2,17-7-8-20-13(17)19)9-16-12(18)10-3-5-11(15)6-4-10/h3-6H,7-9H2,1-2H3,(H,16,18). The minimum Gasteiger partial charge on any atom is -0.448 e. The van der Waals surface area contributed by atoms with Crippen LogP contribution in [-0.2, 0) is 4.74 Å². The molecule has 0 spiro atoms. The Balaban J connectivity index is 1.95. The fourth-order valence-electron chi connectivity index (χ4n) is 2.04. The molecule has 20 heavy (non-hydrogen) atoms. The van der Waals surface area contributed by atoms with Gasteiger partial charge in [-0.2, -0.15) is 0 Å². The van der Waals surface area contributed by atoms with Crippen molar-refractivity contribution in [2.24, 2.45) is 0 Å². The molecule has 0 atom stereocenters. The van der Waals surface area contributed by atoms with Crippen molar-refractivity contribution in [2.75, 3.05) is 19.7 Å². The van der Waals surface area contributed by atoms with Crippen molar-refractivity contribution in [3.63, 3.8) is 0 Å². The first-order valence-electron chi connectivity index (χ1n) is 6.38. The number of nitrogens with zero attached hydrogens (tertiary/aromatic N) is 1. The van der Waals surface area contributed by atoms with E-state index in [9.17, 15) is 14.0 Å². The number of cyclic esters (lactones) is 1. The smallest absolute Gasteiger partial charge is 0.410 e. The fraction of sp³-hybridized carbons (Fsp3) is 0.429. The molecule has 0 saturated carbocycles. The Morgan fingerprint density at radius 1 is 1.40 bits per heavy atom. The van der Waals surface area contributed by atoms with Gasteiger partial charge in [0, 0.05) is 12.1 Å². The van der Waals surface area contributed by atoms with Gasteiger partial charge in [-0.25, -0.2) is 9.18 Å². The van der Waals surface area contributed by atoms with Crippen molar-refractivity contribution in [3.8, 4) is 0 Å². The molecule has 1 fully saturated rings. The van der Waals surface area contributed by atoms with Crippen molar-refractivity contribution >= 4 is 12.0 Å². The predicted molar refractivity (Wildman–Crippen MR) is 70.9 cm³/mol. The number of nitrogens with one attached hydrogen (secondary N) is 1. The molecule has 0 aliphatic carbocycles. The van der Waals surface area contributed by atoms with E-state index < -0.39 is 5.54 Å². The van der Waals surface area contributed by atoms with E-state index in [2.05, 4.69) is 5.32 Å². The van der Waals surface area contributed by atoms with Gasteiger partial charge < -0.3 is 10.1 Å². The largest absolute Gasteiger partial charge is 0.448 e. The van der Waals surface area contributed by atoms with Crippen molar-refractivity contribution in [1.82, 2.24) is 10.2 Å². The summed E-state index contributed by atoms with van der Waals surface area (Å²) in [5, 5.41) is 2.75. The molecule has 2 amide bonds. The van der Waals surface area contributed by atoms with Gasteiger partial charge in [-0.1, -0.05) is 0 Å². The maximum atomic E-state index is 12.8. The van der Waals surface area contributed by atoms with E-state index in [1.165, 1.54) is 24.3 Å². The Hall–Kier alpha value is -2.11. The SMILES string of the molecule is CC(C)(CNC(=O)c1ccc(F)cc1)N1CCOC1=O. The Morgan fingerprint density at radius 2 is 2.05 bits per heavy atom. The van der Waals surface area contributed by atoms with E-state index in [1.54, 1.807) is 4.90 Å². The van der Waals surface area contributed by atoms with Crippen LogP contribution in [0.2, 0.25) is 0 Å². The van der Waals surface area contributed by atoms with E-state index in [1.807, 2.05) is 13.8 Å². The second-order valence-corrected chi connectivity index (χ2v) is 5.27. The van der Waals surface area contributed by atoms with Crippen LogP contribution in [0.5, 0.6) is 0 Å². The second kappa shape index (κ2) is 5.48. The van der Waals surface area contributed by atoms with Crippen molar-refractivity contribution < 1.29 is 18.7 Å². The number of hydrogen-bond acceptors (Lipinski definition) is 3. The van der Waals surface area contributed by atoms with Crippen molar-refractivity contribution in [1.29, 1.82) is 0 Å². The maximum absolute atomic E-state index is 12.8.